The van der Waals surface area contributed by atoms with Crippen LogP contribution in [0.3, 0.4) is 0 Å². The highest BCUT2D eigenvalue weighted by atomic mass is 16.7. The van der Waals surface area contributed by atoms with Crippen LogP contribution in [0.15, 0.2) is 36.4 Å². The molecule has 4 aromatic rings. The number of benzene rings is 4. The molecule has 10 rings (SSSR count). The van der Waals surface area contributed by atoms with Crippen molar-refractivity contribution in [2.24, 2.45) is 11.8 Å². The molecule has 24 nitrogen and oxygen atoms in total. The minimum absolute atomic E-state index is 0.0147. The molecule has 0 radical (unpaired) electrons. The highest BCUT2D eigenvalue weighted by Gasteiger charge is 2.53. The number of phenolic OH excluding ortho intramolecular Hbond substituents is 4. The van der Waals surface area contributed by atoms with Gasteiger partial charge >= 0.3 is 11.9 Å². The zero-order valence-electron chi connectivity index (χ0n) is 46.4. The summed E-state index contributed by atoms with van der Waals surface area (Å²) < 4.78 is 45.4. The Morgan fingerprint density at radius 3 is 1.24 bits per heavy atom. The first kappa shape index (κ1) is 59.5. The summed E-state index contributed by atoms with van der Waals surface area (Å²) in [6.07, 6.45) is -12.9. The van der Waals surface area contributed by atoms with Gasteiger partial charge in [0.1, 0.15) is 45.7 Å². The number of esters is 2. The topological polar surface area (TPSA) is 372 Å². The van der Waals surface area contributed by atoms with Crippen LogP contribution < -0.4 is 9.47 Å². The Labute approximate surface area is 478 Å². The largest absolute Gasteiger partial charge is 0.507 e. The van der Waals surface area contributed by atoms with Crippen molar-refractivity contribution in [1.82, 2.24) is 0 Å². The third-order valence-corrected chi connectivity index (χ3v) is 17.1. The number of aliphatic hydroxyl groups is 4. The lowest BCUT2D eigenvalue weighted by Crippen LogP contribution is -2.49. The van der Waals surface area contributed by atoms with Gasteiger partial charge in [0.15, 0.2) is 37.4 Å². The molecule has 0 bridgehead atoms. The molecule has 12 atom stereocenters. The molecule has 446 valence electrons. The van der Waals surface area contributed by atoms with Crippen molar-refractivity contribution in [3.8, 4) is 34.5 Å². The summed E-state index contributed by atoms with van der Waals surface area (Å²) in [7, 11) is 2.56. The fourth-order valence-electron chi connectivity index (χ4n) is 12.5. The van der Waals surface area contributed by atoms with Gasteiger partial charge in [0.05, 0.1) is 97.1 Å². The van der Waals surface area contributed by atoms with Crippen LogP contribution in [-0.2, 0) is 60.4 Å². The van der Waals surface area contributed by atoms with Crippen LogP contribution in [-0.4, -0.2) is 163 Å². The first-order valence-corrected chi connectivity index (χ1v) is 27.3. The summed E-state index contributed by atoms with van der Waals surface area (Å²) in [5, 5.41) is 93.1. The van der Waals surface area contributed by atoms with Crippen LogP contribution in [0.5, 0.6) is 34.5 Å². The molecule has 2 aliphatic heterocycles. The third-order valence-electron chi connectivity index (χ3n) is 17.1. The van der Waals surface area contributed by atoms with Crippen molar-refractivity contribution < 1.29 is 117 Å². The molecule has 4 aromatic carbocycles. The molecule has 0 aromatic heterocycles. The van der Waals surface area contributed by atoms with Gasteiger partial charge < -0.3 is 78.7 Å². The van der Waals surface area contributed by atoms with Crippen molar-refractivity contribution in [2.75, 3.05) is 27.4 Å². The summed E-state index contributed by atoms with van der Waals surface area (Å²) in [6.45, 7) is 4.39. The predicted octanol–water partition coefficient (Wildman–Crippen LogP) is 3.52. The molecule has 0 amide bonds. The van der Waals surface area contributed by atoms with E-state index in [1.165, 1.54) is 50.6 Å². The summed E-state index contributed by atoms with van der Waals surface area (Å²) in [6, 6.07) is 8.40. The van der Waals surface area contributed by atoms with Crippen molar-refractivity contribution in [1.29, 1.82) is 0 Å². The first-order valence-electron chi connectivity index (χ1n) is 27.3. The molecule has 2 unspecified atom stereocenters. The average molecular weight is 1170 g/mol. The molecule has 2 fully saturated rings. The highest BCUT2D eigenvalue weighted by Crippen LogP contribution is 2.55. The van der Waals surface area contributed by atoms with Crippen molar-refractivity contribution in [3.63, 3.8) is 0 Å². The fraction of sp³-hybridized carbons (Fsp3) is 0.467. The van der Waals surface area contributed by atoms with Gasteiger partial charge in [0, 0.05) is 71.9 Å². The third kappa shape index (κ3) is 10.1. The standard InChI is InChI=1S/C60H62O24/c1-23-15-39(81-25(3)49(23)65)83-33-19-59(75,17-29-43(33)57(73)47-45(53(29)69)51(67)27-9-7-11-31(77-5)41(27)55(47)71)35(61)21-79-37(63)13-14-38(64)80-22-36(62)60(76)18-30-44(34(20-60)84-40-16-24(2)50(66)26(4)82-40)58(74)48-46(54(30)70)52(68)28-10-8-12-32(78-6)42(28)56(48)72/h7-12,23-26,33-34,39-40,49-50,65-66,69-70,73-76H,13-22H2,1-6H3/t23-,24+,25?,26?,33+,34-,39+,40-,49+,50-,59+,60-. The minimum Gasteiger partial charge on any atom is -0.507 e. The van der Waals surface area contributed by atoms with Crippen LogP contribution in [0.4, 0.5) is 0 Å². The van der Waals surface area contributed by atoms with E-state index in [1.807, 2.05) is 0 Å². The van der Waals surface area contributed by atoms with Crippen molar-refractivity contribution in [3.05, 3.63) is 103 Å². The lowest BCUT2D eigenvalue weighted by Gasteiger charge is -2.42. The summed E-state index contributed by atoms with van der Waals surface area (Å²) >= 11 is 0. The lowest BCUT2D eigenvalue weighted by molar-refractivity contribution is -0.255. The Morgan fingerprint density at radius 1 is 0.536 bits per heavy atom. The molecule has 84 heavy (non-hydrogen) atoms. The summed E-state index contributed by atoms with van der Waals surface area (Å²) in [5.41, 5.74) is -9.30. The van der Waals surface area contributed by atoms with Gasteiger partial charge in [-0.2, -0.15) is 0 Å². The number of hydrogen-bond acceptors (Lipinski definition) is 24. The number of fused-ring (bicyclic) bond motifs is 6. The van der Waals surface area contributed by atoms with Crippen LogP contribution >= 0.6 is 0 Å². The Balaban J connectivity index is 0.830. The van der Waals surface area contributed by atoms with E-state index >= 15 is 0 Å². The van der Waals surface area contributed by atoms with E-state index in [0.29, 0.717) is 0 Å². The number of aromatic hydroxyl groups is 4. The highest BCUT2D eigenvalue weighted by molar-refractivity contribution is 6.32. The predicted molar refractivity (Wildman–Crippen MR) is 283 cm³/mol. The molecule has 2 saturated heterocycles. The average Bonchev–Trinajstić information content (AvgIpc) is 1.31. The number of carbonyl (C=O) groups is 8. The SMILES string of the molecule is COc1cccc2c1C(=O)c1c(O)c3c(c(O)c1C2=O)C[C@@](O)(C(=O)COC(=O)CCC(=O)OCC(=O)[C@@]1(O)Cc2c(O)c4c(c(O)c2[C@H](O[C@@H]2C[C@H](C)[C@@H](O)C(C)O2)C1)C(=O)c1c(OC)cccc1C4=O)C[C@@H]3O[C@H]1C[C@@H](C)[C@H](O)C(C)O1. The van der Waals surface area contributed by atoms with Crippen molar-refractivity contribution in [2.45, 2.75) is 139 Å². The van der Waals surface area contributed by atoms with E-state index < -0.39 is 204 Å². The maximum Gasteiger partial charge on any atom is 0.306 e. The molecule has 0 saturated carbocycles. The number of phenols is 4. The molecule has 4 aliphatic carbocycles. The van der Waals surface area contributed by atoms with Crippen LogP contribution in [0.25, 0.3) is 0 Å². The van der Waals surface area contributed by atoms with Gasteiger partial charge in [-0.15, -0.1) is 0 Å². The number of ether oxygens (including phenoxy) is 8. The second kappa shape index (κ2) is 22.4. The maximum atomic E-state index is 14.1. The molecule has 0 spiro atoms. The number of Topliss-reactive ketones (excluding diaryl/α,β-unsaturated/α-hetero) is 2. The zero-order valence-corrected chi connectivity index (χ0v) is 46.4. The quantitative estimate of drug-likeness (QED) is 0.0538. The molecular formula is C60H62O24. The van der Waals surface area contributed by atoms with Crippen molar-refractivity contribution >= 4 is 46.6 Å². The van der Waals surface area contributed by atoms with Gasteiger partial charge in [0.2, 0.25) is 23.1 Å². The smallest absolute Gasteiger partial charge is 0.306 e. The van der Waals surface area contributed by atoms with E-state index in [-0.39, 0.29) is 80.7 Å². The second-order valence-corrected chi connectivity index (χ2v) is 22.5. The first-order chi connectivity index (χ1) is 39.7. The number of rotatable bonds is 15. The number of aliphatic hydroxyl groups excluding tert-OH is 2. The molecule has 2 heterocycles. The van der Waals surface area contributed by atoms with Crippen LogP contribution in [0.1, 0.15) is 164 Å². The fourth-order valence-corrected chi connectivity index (χ4v) is 12.5. The van der Waals surface area contributed by atoms with Crippen LogP contribution in [0, 0.1) is 11.8 Å². The Hall–Kier alpha value is -7.68. The number of carbonyl (C=O) groups excluding carboxylic acids is 8. The molecule has 6 aliphatic rings. The van der Waals surface area contributed by atoms with Gasteiger partial charge in [0.25, 0.3) is 0 Å². The van der Waals surface area contributed by atoms with Gasteiger partial charge in [-0.3, -0.25) is 38.4 Å². The monoisotopic (exact) mass is 1170 g/mol. The Kier molecular flexibility index (Phi) is 15.9. The number of methoxy groups -OCH3 is 2. The lowest BCUT2D eigenvalue weighted by atomic mass is 9.72. The summed E-state index contributed by atoms with van der Waals surface area (Å²) in [4.78, 5) is 111. The number of ketones is 6. The van der Waals surface area contributed by atoms with E-state index in [2.05, 4.69) is 0 Å². The van der Waals surface area contributed by atoms with Gasteiger partial charge in [-0.05, 0) is 37.8 Å². The summed E-state index contributed by atoms with van der Waals surface area (Å²) in [5.74, 6) is -12.1. The van der Waals surface area contributed by atoms with E-state index in [1.54, 1.807) is 27.7 Å². The van der Waals surface area contributed by atoms with Gasteiger partial charge in [-0.25, -0.2) is 0 Å². The van der Waals surface area contributed by atoms with Crippen LogP contribution in [0.2, 0.25) is 0 Å². The number of hydrogen-bond donors (Lipinski definition) is 8. The normalized spacial score (nSPS) is 28.6. The van der Waals surface area contributed by atoms with E-state index in [0.717, 1.165) is 0 Å². The minimum atomic E-state index is -2.56. The van der Waals surface area contributed by atoms with E-state index in [9.17, 15) is 79.2 Å². The zero-order chi connectivity index (χ0) is 60.8. The van der Waals surface area contributed by atoms with E-state index in [4.69, 9.17) is 37.9 Å². The molecule has 24 heteroatoms. The molecular weight excluding hydrogens is 1100 g/mol. The Bertz CT molecular complexity index is 3230. The Morgan fingerprint density at radius 2 is 0.893 bits per heavy atom. The maximum absolute atomic E-state index is 14.1. The second-order valence-electron chi connectivity index (χ2n) is 22.5. The molecule has 8 N–H and O–H groups in total. The van der Waals surface area contributed by atoms with Gasteiger partial charge in [-0.1, -0.05) is 38.1 Å².